The van der Waals surface area contributed by atoms with Gasteiger partial charge in [0.15, 0.2) is 6.61 Å². The van der Waals surface area contributed by atoms with E-state index in [4.69, 9.17) is 0 Å². The molecular formula is C10H10F3NO2S. The molecule has 0 spiro atoms. The highest BCUT2D eigenvalue weighted by Gasteiger charge is 2.28. The summed E-state index contributed by atoms with van der Waals surface area (Å²) < 4.78 is 35.0. The third-order valence-electron chi connectivity index (χ3n) is 1.57. The van der Waals surface area contributed by atoms with E-state index in [0.717, 1.165) is 15.8 Å². The van der Waals surface area contributed by atoms with Crippen LogP contribution < -0.4 is 5.48 Å². The van der Waals surface area contributed by atoms with Gasteiger partial charge in [-0.1, -0.05) is 0 Å². The van der Waals surface area contributed by atoms with Gasteiger partial charge in [-0.3, -0.25) is 9.63 Å². The van der Waals surface area contributed by atoms with Crippen molar-refractivity contribution < 1.29 is 22.8 Å². The first kappa shape index (κ1) is 13.7. The van der Waals surface area contributed by atoms with E-state index in [-0.39, 0.29) is 0 Å². The van der Waals surface area contributed by atoms with Crippen molar-refractivity contribution in [3.05, 3.63) is 28.0 Å². The fraction of sp³-hybridized carbons (Fsp3) is 0.300. The average molecular weight is 265 g/mol. The molecule has 0 saturated heterocycles. The Labute approximate surface area is 99.8 Å². The second-order valence-electron chi connectivity index (χ2n) is 3.15. The van der Waals surface area contributed by atoms with Crippen LogP contribution in [-0.2, 0) is 9.63 Å². The second-order valence-corrected chi connectivity index (χ2v) is 4.47. The Hall–Kier alpha value is -1.34. The van der Waals surface area contributed by atoms with Gasteiger partial charge in [0.25, 0.3) is 5.91 Å². The lowest BCUT2D eigenvalue weighted by Crippen LogP contribution is -2.28. The molecule has 0 saturated carbocycles. The molecule has 1 amide bonds. The van der Waals surface area contributed by atoms with Gasteiger partial charge in [-0.15, -0.1) is 11.3 Å². The smallest absolute Gasteiger partial charge is 0.268 e. The molecule has 3 nitrogen and oxygen atoms in total. The number of nitrogens with one attached hydrogen (secondary N) is 1. The van der Waals surface area contributed by atoms with Gasteiger partial charge in [-0.2, -0.15) is 13.2 Å². The minimum absolute atomic E-state index is 0.736. The number of carbonyl (C=O) groups is 1. The Bertz CT molecular complexity index is 412. The van der Waals surface area contributed by atoms with Crippen molar-refractivity contribution in [3.8, 4) is 0 Å². The lowest BCUT2D eigenvalue weighted by atomic mass is 10.4. The van der Waals surface area contributed by atoms with Gasteiger partial charge in [-0.25, -0.2) is 5.48 Å². The van der Waals surface area contributed by atoms with E-state index < -0.39 is 18.7 Å². The van der Waals surface area contributed by atoms with Crippen LogP contribution in [0.2, 0.25) is 0 Å². The number of rotatable bonds is 4. The van der Waals surface area contributed by atoms with Crippen LogP contribution in [0.4, 0.5) is 13.2 Å². The Balaban J connectivity index is 2.32. The summed E-state index contributed by atoms with van der Waals surface area (Å²) in [6.45, 7) is 0.402. The topological polar surface area (TPSA) is 38.3 Å². The van der Waals surface area contributed by atoms with E-state index in [0.29, 0.717) is 0 Å². The van der Waals surface area contributed by atoms with Gasteiger partial charge in [0.1, 0.15) is 0 Å². The molecule has 1 aromatic rings. The summed E-state index contributed by atoms with van der Waals surface area (Å²) in [5.74, 6) is -0.736. The molecule has 1 aromatic heterocycles. The van der Waals surface area contributed by atoms with Gasteiger partial charge in [-0.05, 0) is 25.1 Å². The van der Waals surface area contributed by atoms with E-state index in [1.165, 1.54) is 17.4 Å². The largest absolute Gasteiger partial charge is 0.414 e. The van der Waals surface area contributed by atoms with Gasteiger partial charge in [0.05, 0.1) is 0 Å². The first-order valence-electron chi connectivity index (χ1n) is 4.60. The van der Waals surface area contributed by atoms with Crippen LogP contribution in [0.15, 0.2) is 18.2 Å². The number of amides is 1. The van der Waals surface area contributed by atoms with Crippen molar-refractivity contribution in [2.75, 3.05) is 6.61 Å². The van der Waals surface area contributed by atoms with Crippen LogP contribution in [-0.4, -0.2) is 18.7 Å². The summed E-state index contributed by atoms with van der Waals surface area (Å²) in [5, 5.41) is 0. The van der Waals surface area contributed by atoms with E-state index in [9.17, 15) is 18.0 Å². The standard InChI is InChI=1S/C10H10F3NO2S/c1-7-2-3-8(17-7)4-5-9(15)14-16-6-10(11,12)13/h2-5H,6H2,1H3,(H,14,15)/b5-4+. The lowest BCUT2D eigenvalue weighted by molar-refractivity contribution is -0.190. The molecule has 1 rings (SSSR count). The molecule has 0 aliphatic carbocycles. The van der Waals surface area contributed by atoms with Crippen molar-refractivity contribution in [3.63, 3.8) is 0 Å². The zero-order valence-electron chi connectivity index (χ0n) is 8.88. The molecule has 0 unspecified atom stereocenters. The maximum Gasteiger partial charge on any atom is 0.414 e. The molecule has 94 valence electrons. The Kier molecular flexibility index (Phi) is 4.71. The summed E-state index contributed by atoms with van der Waals surface area (Å²) in [4.78, 5) is 16.9. The van der Waals surface area contributed by atoms with Crippen LogP contribution in [0, 0.1) is 6.92 Å². The van der Waals surface area contributed by atoms with E-state index >= 15 is 0 Å². The number of halogens is 3. The summed E-state index contributed by atoms with van der Waals surface area (Å²) in [5.41, 5.74) is 1.68. The van der Waals surface area contributed by atoms with E-state index in [1.54, 1.807) is 11.5 Å². The third kappa shape index (κ3) is 6.08. The molecule has 1 heterocycles. The van der Waals surface area contributed by atoms with Gasteiger partial charge in [0, 0.05) is 15.8 Å². The fourth-order valence-corrected chi connectivity index (χ4v) is 1.70. The summed E-state index contributed by atoms with van der Waals surface area (Å²) in [6.07, 6.45) is -1.84. The minimum Gasteiger partial charge on any atom is -0.268 e. The number of hydroxylamine groups is 1. The van der Waals surface area contributed by atoms with E-state index in [1.807, 2.05) is 13.0 Å². The van der Waals surface area contributed by atoms with Gasteiger partial charge >= 0.3 is 6.18 Å². The maximum absolute atomic E-state index is 11.7. The van der Waals surface area contributed by atoms with Crippen LogP contribution in [0.25, 0.3) is 6.08 Å². The summed E-state index contributed by atoms with van der Waals surface area (Å²) in [7, 11) is 0. The zero-order chi connectivity index (χ0) is 12.9. The number of carbonyl (C=O) groups excluding carboxylic acids is 1. The fourth-order valence-electron chi connectivity index (χ4n) is 0.924. The van der Waals surface area contributed by atoms with Gasteiger partial charge < -0.3 is 0 Å². The molecule has 0 bridgehead atoms. The highest BCUT2D eigenvalue weighted by molar-refractivity contribution is 7.12. The van der Waals surface area contributed by atoms with Crippen molar-refractivity contribution >= 4 is 23.3 Å². The zero-order valence-corrected chi connectivity index (χ0v) is 9.69. The molecule has 0 atom stereocenters. The predicted octanol–water partition coefficient (Wildman–Crippen LogP) is 2.68. The number of hydrogen-bond acceptors (Lipinski definition) is 3. The Morgan fingerprint density at radius 1 is 1.53 bits per heavy atom. The Morgan fingerprint density at radius 3 is 2.76 bits per heavy atom. The molecule has 7 heteroatoms. The maximum atomic E-state index is 11.7. The third-order valence-corrected chi connectivity index (χ3v) is 2.53. The molecule has 1 N–H and O–H groups in total. The number of hydrogen-bond donors (Lipinski definition) is 1. The number of aryl methyl sites for hydroxylation is 1. The first-order chi connectivity index (χ1) is 7.87. The molecule has 0 aliphatic rings. The number of alkyl halides is 3. The van der Waals surface area contributed by atoms with Gasteiger partial charge in [0.2, 0.25) is 0 Å². The molecular weight excluding hydrogens is 255 g/mol. The highest BCUT2D eigenvalue weighted by Crippen LogP contribution is 2.16. The van der Waals surface area contributed by atoms with Crippen LogP contribution >= 0.6 is 11.3 Å². The van der Waals surface area contributed by atoms with Crippen LogP contribution in [0.5, 0.6) is 0 Å². The van der Waals surface area contributed by atoms with E-state index in [2.05, 4.69) is 4.84 Å². The highest BCUT2D eigenvalue weighted by atomic mass is 32.1. The quantitative estimate of drug-likeness (QED) is 0.671. The minimum atomic E-state index is -4.46. The number of thiophene rings is 1. The molecule has 17 heavy (non-hydrogen) atoms. The first-order valence-corrected chi connectivity index (χ1v) is 5.41. The summed E-state index contributed by atoms with van der Waals surface area (Å²) >= 11 is 1.47. The predicted molar refractivity (Wildman–Crippen MR) is 58.2 cm³/mol. The van der Waals surface area contributed by atoms with Crippen LogP contribution in [0.3, 0.4) is 0 Å². The monoisotopic (exact) mass is 265 g/mol. The van der Waals surface area contributed by atoms with Crippen LogP contribution in [0.1, 0.15) is 9.75 Å². The summed E-state index contributed by atoms with van der Waals surface area (Å²) in [6, 6.07) is 3.68. The normalized spacial score (nSPS) is 12.0. The molecule has 0 aliphatic heterocycles. The Morgan fingerprint density at radius 2 is 2.24 bits per heavy atom. The van der Waals surface area contributed by atoms with Crippen molar-refractivity contribution in [1.82, 2.24) is 5.48 Å². The van der Waals surface area contributed by atoms with Crippen molar-refractivity contribution in [2.45, 2.75) is 13.1 Å². The lowest BCUT2D eigenvalue weighted by Gasteiger charge is -2.06. The van der Waals surface area contributed by atoms with Crippen molar-refractivity contribution in [2.24, 2.45) is 0 Å². The molecule has 0 aromatic carbocycles. The molecule has 0 radical (unpaired) electrons. The molecule has 0 fully saturated rings. The second kappa shape index (κ2) is 5.83. The van der Waals surface area contributed by atoms with Crippen molar-refractivity contribution in [1.29, 1.82) is 0 Å². The average Bonchev–Trinajstić information content (AvgIpc) is 2.59. The SMILES string of the molecule is Cc1ccc(/C=C/C(=O)NOCC(F)(F)F)s1.